The predicted molar refractivity (Wildman–Crippen MR) is 69.1 cm³/mol. The molecule has 1 amide bonds. The van der Waals surface area contributed by atoms with Gasteiger partial charge in [-0.1, -0.05) is 11.6 Å². The van der Waals surface area contributed by atoms with Crippen molar-refractivity contribution in [2.75, 3.05) is 11.9 Å². The van der Waals surface area contributed by atoms with Gasteiger partial charge in [-0.3, -0.25) is 9.69 Å². The molecule has 0 aliphatic carbocycles. The lowest BCUT2D eigenvalue weighted by Crippen LogP contribution is -2.35. The molecule has 0 aliphatic rings. The van der Waals surface area contributed by atoms with Crippen LogP contribution < -0.4 is 10.5 Å². The summed E-state index contributed by atoms with van der Waals surface area (Å²) in [5.74, 6) is 0. The van der Waals surface area contributed by atoms with E-state index in [0.717, 1.165) is 9.58 Å². The van der Waals surface area contributed by atoms with E-state index in [2.05, 4.69) is 5.10 Å². The second-order valence-electron chi connectivity index (χ2n) is 4.82. The van der Waals surface area contributed by atoms with Gasteiger partial charge in [0.25, 0.3) is 5.56 Å². The number of rotatable bonds is 1. The number of hydrogen-bond acceptors (Lipinski definition) is 4. The number of aromatic nitrogens is 2. The zero-order valence-corrected chi connectivity index (χ0v) is 11.8. The molecule has 0 aromatic carbocycles. The zero-order chi connectivity index (χ0) is 14.1. The fraction of sp³-hybridized carbons (Fsp3) is 0.545. The molecule has 0 saturated carbocycles. The second kappa shape index (κ2) is 4.97. The Bertz CT molecular complexity index is 519. The lowest BCUT2D eigenvalue weighted by molar-refractivity contribution is 0.0589. The Hall–Kier alpha value is -1.56. The van der Waals surface area contributed by atoms with Crippen LogP contribution in [0.1, 0.15) is 20.8 Å². The molecule has 6 nitrogen and oxygen atoms in total. The highest BCUT2D eigenvalue weighted by Gasteiger charge is 2.22. The van der Waals surface area contributed by atoms with Crippen molar-refractivity contribution in [3.63, 3.8) is 0 Å². The molecule has 1 aromatic heterocycles. The number of carbonyl (C=O) groups excluding carboxylic acids is 1. The first-order chi connectivity index (χ1) is 8.11. The van der Waals surface area contributed by atoms with E-state index in [9.17, 15) is 9.59 Å². The van der Waals surface area contributed by atoms with E-state index < -0.39 is 11.7 Å². The van der Waals surface area contributed by atoms with E-state index in [4.69, 9.17) is 16.3 Å². The fourth-order valence-electron chi connectivity index (χ4n) is 1.17. The number of ether oxygens (including phenoxy) is 1. The summed E-state index contributed by atoms with van der Waals surface area (Å²) >= 11 is 5.89. The molecule has 0 spiro atoms. The van der Waals surface area contributed by atoms with Gasteiger partial charge < -0.3 is 4.74 Å². The lowest BCUT2D eigenvalue weighted by atomic mass is 10.2. The van der Waals surface area contributed by atoms with Crippen LogP contribution in [-0.2, 0) is 11.8 Å². The topological polar surface area (TPSA) is 64.4 Å². The molecule has 0 unspecified atom stereocenters. The SMILES string of the molecule is CN(C(=O)OC(C)(C)C)c1cc(=O)n(C)nc1Cl. The molecule has 7 heteroatoms. The van der Waals surface area contributed by atoms with Gasteiger partial charge in [-0.05, 0) is 20.8 Å². The summed E-state index contributed by atoms with van der Waals surface area (Å²) in [5.41, 5.74) is -0.760. The van der Waals surface area contributed by atoms with E-state index in [0.29, 0.717) is 0 Å². The van der Waals surface area contributed by atoms with Crippen molar-refractivity contribution < 1.29 is 9.53 Å². The summed E-state index contributed by atoms with van der Waals surface area (Å²) in [6, 6.07) is 1.24. The number of hydrogen-bond donors (Lipinski definition) is 0. The summed E-state index contributed by atoms with van der Waals surface area (Å²) in [5, 5.41) is 3.85. The Balaban J connectivity index is 3.04. The van der Waals surface area contributed by atoms with Crippen LogP contribution in [0.4, 0.5) is 10.5 Å². The third-order valence-corrected chi connectivity index (χ3v) is 2.33. The molecule has 1 rings (SSSR count). The molecule has 100 valence electrons. The Kier molecular flexibility index (Phi) is 4.01. The average molecular weight is 274 g/mol. The predicted octanol–water partition coefficient (Wildman–Crippen LogP) is 1.81. The van der Waals surface area contributed by atoms with Crippen molar-refractivity contribution in [2.45, 2.75) is 26.4 Å². The summed E-state index contributed by atoms with van der Waals surface area (Å²) in [7, 11) is 2.95. The Morgan fingerprint density at radius 1 is 1.50 bits per heavy atom. The number of aryl methyl sites for hydroxylation is 1. The third kappa shape index (κ3) is 3.46. The van der Waals surface area contributed by atoms with Crippen LogP contribution in [0, 0.1) is 0 Å². The van der Waals surface area contributed by atoms with Crippen LogP contribution in [0.5, 0.6) is 0 Å². The van der Waals surface area contributed by atoms with E-state index >= 15 is 0 Å². The number of amides is 1. The van der Waals surface area contributed by atoms with Crippen molar-refractivity contribution in [1.29, 1.82) is 0 Å². The van der Waals surface area contributed by atoms with E-state index in [1.807, 2.05) is 0 Å². The zero-order valence-electron chi connectivity index (χ0n) is 11.0. The minimum atomic E-state index is -0.620. The maximum atomic E-state index is 11.8. The lowest BCUT2D eigenvalue weighted by Gasteiger charge is -2.24. The van der Waals surface area contributed by atoms with Gasteiger partial charge in [0.1, 0.15) is 5.60 Å². The standard InChI is InChI=1S/C11H16ClN3O3/c1-11(2,3)18-10(17)14(4)7-6-8(16)15(5)13-9(7)12/h6H,1-5H3. The van der Waals surface area contributed by atoms with Crippen LogP contribution in [0.15, 0.2) is 10.9 Å². The quantitative estimate of drug-likeness (QED) is 0.783. The summed E-state index contributed by atoms with van der Waals surface area (Å²) in [6.07, 6.45) is -0.598. The van der Waals surface area contributed by atoms with Gasteiger partial charge >= 0.3 is 6.09 Å². The average Bonchev–Trinajstić information content (AvgIpc) is 2.20. The molecule has 0 N–H and O–H groups in total. The highest BCUT2D eigenvalue weighted by Crippen LogP contribution is 2.21. The molecule has 1 aromatic rings. The summed E-state index contributed by atoms with van der Waals surface area (Å²) in [6.45, 7) is 5.26. The summed E-state index contributed by atoms with van der Waals surface area (Å²) in [4.78, 5) is 24.4. The van der Waals surface area contributed by atoms with Gasteiger partial charge in [-0.25, -0.2) is 9.48 Å². The largest absolute Gasteiger partial charge is 0.443 e. The Morgan fingerprint density at radius 3 is 2.56 bits per heavy atom. The van der Waals surface area contributed by atoms with E-state index in [-0.39, 0.29) is 16.4 Å². The van der Waals surface area contributed by atoms with Gasteiger partial charge in [0.15, 0.2) is 5.15 Å². The minimum absolute atomic E-state index is 0.0606. The molecule has 0 atom stereocenters. The van der Waals surface area contributed by atoms with Gasteiger partial charge in [0, 0.05) is 20.2 Å². The van der Waals surface area contributed by atoms with Crippen molar-refractivity contribution in [3.8, 4) is 0 Å². The van der Waals surface area contributed by atoms with Crippen LogP contribution in [0.25, 0.3) is 0 Å². The number of nitrogens with zero attached hydrogens (tertiary/aromatic N) is 3. The van der Waals surface area contributed by atoms with Crippen molar-refractivity contribution in [1.82, 2.24) is 9.78 Å². The normalized spacial score (nSPS) is 11.2. The van der Waals surface area contributed by atoms with Crippen LogP contribution in [0.3, 0.4) is 0 Å². The molecule has 0 aliphatic heterocycles. The molecule has 0 saturated heterocycles. The summed E-state index contributed by atoms with van der Waals surface area (Å²) < 4.78 is 6.26. The van der Waals surface area contributed by atoms with Crippen molar-refractivity contribution in [3.05, 3.63) is 21.6 Å². The van der Waals surface area contributed by atoms with Crippen LogP contribution in [-0.4, -0.2) is 28.5 Å². The fourth-order valence-corrected chi connectivity index (χ4v) is 1.46. The molecular weight excluding hydrogens is 258 g/mol. The van der Waals surface area contributed by atoms with E-state index in [1.54, 1.807) is 20.8 Å². The first-order valence-corrected chi connectivity index (χ1v) is 5.70. The van der Waals surface area contributed by atoms with E-state index in [1.165, 1.54) is 20.2 Å². The number of carbonyl (C=O) groups is 1. The third-order valence-electron chi connectivity index (χ3n) is 2.06. The Labute approximate surface area is 110 Å². The first kappa shape index (κ1) is 14.5. The molecule has 0 fully saturated rings. The van der Waals surface area contributed by atoms with Gasteiger partial charge in [-0.15, -0.1) is 0 Å². The molecular formula is C11H16ClN3O3. The first-order valence-electron chi connectivity index (χ1n) is 5.32. The minimum Gasteiger partial charge on any atom is -0.443 e. The van der Waals surface area contributed by atoms with Gasteiger partial charge in [0.05, 0.1) is 5.69 Å². The monoisotopic (exact) mass is 273 g/mol. The highest BCUT2D eigenvalue weighted by atomic mass is 35.5. The smallest absolute Gasteiger partial charge is 0.414 e. The van der Waals surface area contributed by atoms with Gasteiger partial charge in [-0.2, -0.15) is 5.10 Å². The molecule has 0 radical (unpaired) electrons. The highest BCUT2D eigenvalue weighted by molar-refractivity contribution is 6.32. The Morgan fingerprint density at radius 2 is 2.06 bits per heavy atom. The van der Waals surface area contributed by atoms with Crippen molar-refractivity contribution in [2.24, 2.45) is 7.05 Å². The molecule has 18 heavy (non-hydrogen) atoms. The maximum Gasteiger partial charge on any atom is 0.414 e. The maximum absolute atomic E-state index is 11.8. The van der Waals surface area contributed by atoms with Gasteiger partial charge in [0.2, 0.25) is 0 Å². The van der Waals surface area contributed by atoms with Crippen LogP contribution >= 0.6 is 11.6 Å². The second-order valence-corrected chi connectivity index (χ2v) is 5.18. The molecule has 0 bridgehead atoms. The number of halogens is 1. The number of anilines is 1. The molecule has 1 heterocycles. The van der Waals surface area contributed by atoms with Crippen molar-refractivity contribution >= 4 is 23.4 Å². The van der Waals surface area contributed by atoms with Crippen LogP contribution in [0.2, 0.25) is 5.15 Å².